The summed E-state index contributed by atoms with van der Waals surface area (Å²) in [6, 6.07) is 10.4. The molecule has 4 nitrogen and oxygen atoms in total. The molecule has 1 aromatic carbocycles. The fraction of sp³-hybridized carbons (Fsp3) is 0.217. The predicted octanol–water partition coefficient (Wildman–Crippen LogP) is 4.65. The number of Topliss-reactive ketones (excluding diaryl/α,β-unsaturated/α-hetero) is 3. The van der Waals surface area contributed by atoms with Crippen molar-refractivity contribution in [2.24, 2.45) is 0 Å². The molecule has 3 aliphatic carbocycles. The van der Waals surface area contributed by atoms with Gasteiger partial charge in [-0.1, -0.05) is 47.5 Å². The van der Waals surface area contributed by atoms with Crippen LogP contribution in [-0.4, -0.2) is 22.3 Å². The van der Waals surface area contributed by atoms with Crippen molar-refractivity contribution in [3.63, 3.8) is 0 Å². The van der Waals surface area contributed by atoms with Gasteiger partial charge in [0.1, 0.15) is 5.15 Å². The first-order chi connectivity index (χ1) is 13.6. The quantitative estimate of drug-likeness (QED) is 0.666. The van der Waals surface area contributed by atoms with Crippen LogP contribution in [0.25, 0.3) is 0 Å². The minimum atomic E-state index is -0.555. The highest BCUT2D eigenvalue weighted by atomic mass is 35.5. The number of rotatable bonds is 1. The van der Waals surface area contributed by atoms with Crippen LogP contribution in [0.4, 0.5) is 0 Å². The third kappa shape index (κ3) is 2.45. The summed E-state index contributed by atoms with van der Waals surface area (Å²) < 4.78 is 0. The summed E-state index contributed by atoms with van der Waals surface area (Å²) in [4.78, 5) is 43.7. The van der Waals surface area contributed by atoms with Crippen LogP contribution < -0.4 is 0 Å². The maximum absolute atomic E-state index is 13.4. The van der Waals surface area contributed by atoms with Crippen LogP contribution in [0.2, 0.25) is 5.15 Å². The lowest BCUT2D eigenvalue weighted by atomic mass is 9.65. The van der Waals surface area contributed by atoms with Gasteiger partial charge in [0.2, 0.25) is 0 Å². The molecule has 1 atom stereocenters. The maximum atomic E-state index is 13.4. The second-order valence-corrected chi connectivity index (χ2v) is 7.80. The smallest absolute Gasteiger partial charge is 0.191 e. The molecule has 28 heavy (non-hydrogen) atoms. The van der Waals surface area contributed by atoms with Crippen LogP contribution in [0.5, 0.6) is 0 Å². The molecule has 0 N–H and O–H groups in total. The van der Waals surface area contributed by atoms with E-state index < -0.39 is 5.92 Å². The van der Waals surface area contributed by atoms with Gasteiger partial charge in [0.25, 0.3) is 0 Å². The first-order valence-electron chi connectivity index (χ1n) is 9.34. The van der Waals surface area contributed by atoms with Gasteiger partial charge in [0.15, 0.2) is 17.3 Å². The Morgan fingerprint density at radius 2 is 1.64 bits per heavy atom. The average molecular weight is 390 g/mol. The largest absolute Gasteiger partial charge is 0.295 e. The molecule has 0 spiro atoms. The molecule has 1 unspecified atom stereocenters. The van der Waals surface area contributed by atoms with E-state index in [0.717, 1.165) is 24.0 Å². The molecule has 0 saturated heterocycles. The number of ketones is 3. The highest BCUT2D eigenvalue weighted by Crippen LogP contribution is 2.49. The summed E-state index contributed by atoms with van der Waals surface area (Å²) in [5, 5.41) is 0.342. The van der Waals surface area contributed by atoms with E-state index in [2.05, 4.69) is 4.98 Å². The van der Waals surface area contributed by atoms with Crippen molar-refractivity contribution >= 4 is 29.0 Å². The van der Waals surface area contributed by atoms with E-state index in [1.165, 1.54) is 0 Å². The number of hydrogen-bond donors (Lipinski definition) is 0. The lowest BCUT2D eigenvalue weighted by Crippen LogP contribution is -2.33. The van der Waals surface area contributed by atoms with Crippen molar-refractivity contribution in [2.75, 3.05) is 0 Å². The fourth-order valence-electron chi connectivity index (χ4n) is 4.65. The number of hydrogen-bond acceptors (Lipinski definition) is 4. The van der Waals surface area contributed by atoms with Crippen LogP contribution in [-0.2, 0) is 4.79 Å². The van der Waals surface area contributed by atoms with Gasteiger partial charge in [-0.25, -0.2) is 4.98 Å². The monoisotopic (exact) mass is 389 g/mol. The molecular formula is C23H16ClNO3. The highest BCUT2D eigenvalue weighted by Gasteiger charge is 2.44. The molecule has 5 heteroatoms. The Labute approximate surface area is 166 Å². The van der Waals surface area contributed by atoms with Gasteiger partial charge in [0, 0.05) is 46.4 Å². The van der Waals surface area contributed by atoms with Gasteiger partial charge >= 0.3 is 0 Å². The van der Waals surface area contributed by atoms with E-state index in [4.69, 9.17) is 11.6 Å². The lowest BCUT2D eigenvalue weighted by molar-refractivity contribution is -0.116. The third-order valence-corrected chi connectivity index (χ3v) is 6.10. The van der Waals surface area contributed by atoms with E-state index >= 15 is 0 Å². The summed E-state index contributed by atoms with van der Waals surface area (Å²) in [7, 11) is 0. The molecule has 3 aliphatic rings. The molecule has 2 aromatic rings. The normalized spacial score (nSPS) is 21.5. The van der Waals surface area contributed by atoms with Crippen LogP contribution in [0.3, 0.4) is 0 Å². The predicted molar refractivity (Wildman–Crippen MR) is 105 cm³/mol. The minimum absolute atomic E-state index is 0.0619. The molecule has 138 valence electrons. The number of nitrogens with zero attached hydrogens (tertiary/aromatic N) is 1. The van der Waals surface area contributed by atoms with E-state index in [9.17, 15) is 14.4 Å². The first kappa shape index (κ1) is 17.3. The number of fused-ring (bicyclic) bond motifs is 1. The summed E-state index contributed by atoms with van der Waals surface area (Å²) in [5.41, 5.74) is 4.19. The number of benzene rings is 1. The summed E-state index contributed by atoms with van der Waals surface area (Å²) in [6.45, 7) is 0. The standard InChI is InChI=1S/C23H16ClNO3/c24-18-9-8-13(11-25-18)20-19-12(4-3-7-17(19)26)10-16-21(20)23(28)15-6-2-1-5-14(15)22(16)27/h1-2,5-6,8-9,11,20H,3-4,7,10H2. The zero-order valence-electron chi connectivity index (χ0n) is 15.0. The van der Waals surface area contributed by atoms with E-state index in [0.29, 0.717) is 45.8 Å². The Morgan fingerprint density at radius 3 is 2.36 bits per heavy atom. The molecule has 0 aliphatic heterocycles. The van der Waals surface area contributed by atoms with Gasteiger partial charge in [-0.3, -0.25) is 14.4 Å². The molecule has 5 rings (SSSR count). The molecule has 0 fully saturated rings. The second-order valence-electron chi connectivity index (χ2n) is 7.41. The van der Waals surface area contributed by atoms with Gasteiger partial charge in [0.05, 0.1) is 0 Å². The Bertz CT molecular complexity index is 1120. The van der Waals surface area contributed by atoms with E-state index in [1.54, 1.807) is 42.6 Å². The Hall–Kier alpha value is -2.85. The number of carbonyl (C=O) groups excluding carboxylic acids is 3. The SMILES string of the molecule is O=C1CCCC2=C1C(c1ccc(Cl)nc1)C1=C(C2)C(=O)c2ccccc2C1=O. The average Bonchev–Trinajstić information content (AvgIpc) is 2.71. The molecular weight excluding hydrogens is 374 g/mol. The van der Waals surface area contributed by atoms with Crippen molar-refractivity contribution < 1.29 is 14.4 Å². The molecule has 0 saturated carbocycles. The number of aromatic nitrogens is 1. The third-order valence-electron chi connectivity index (χ3n) is 5.87. The lowest BCUT2D eigenvalue weighted by Gasteiger charge is -2.36. The summed E-state index contributed by atoms with van der Waals surface area (Å²) in [6.07, 6.45) is 4.02. The van der Waals surface area contributed by atoms with Crippen LogP contribution in [0.15, 0.2) is 64.9 Å². The Morgan fingerprint density at radius 1 is 0.893 bits per heavy atom. The minimum Gasteiger partial charge on any atom is -0.295 e. The van der Waals surface area contributed by atoms with Gasteiger partial charge < -0.3 is 0 Å². The molecule has 0 amide bonds. The highest BCUT2D eigenvalue weighted by molar-refractivity contribution is 6.29. The first-order valence-corrected chi connectivity index (χ1v) is 9.72. The number of pyridine rings is 1. The zero-order chi connectivity index (χ0) is 19.4. The van der Waals surface area contributed by atoms with Gasteiger partial charge in [-0.05, 0) is 30.9 Å². The topological polar surface area (TPSA) is 64.1 Å². The molecule has 0 radical (unpaired) electrons. The van der Waals surface area contributed by atoms with Crippen molar-refractivity contribution in [3.8, 4) is 0 Å². The van der Waals surface area contributed by atoms with Crippen molar-refractivity contribution in [3.05, 3.63) is 86.7 Å². The Kier molecular flexibility index (Phi) is 3.91. The molecule has 1 heterocycles. The van der Waals surface area contributed by atoms with Gasteiger partial charge in [-0.15, -0.1) is 0 Å². The maximum Gasteiger partial charge on any atom is 0.191 e. The van der Waals surface area contributed by atoms with E-state index in [1.807, 2.05) is 0 Å². The van der Waals surface area contributed by atoms with Crippen molar-refractivity contribution in [1.82, 2.24) is 4.98 Å². The second kappa shape index (κ2) is 6.35. The fourth-order valence-corrected chi connectivity index (χ4v) is 4.77. The van der Waals surface area contributed by atoms with Crippen molar-refractivity contribution in [2.45, 2.75) is 31.6 Å². The molecule has 1 aromatic heterocycles. The number of carbonyl (C=O) groups is 3. The zero-order valence-corrected chi connectivity index (χ0v) is 15.8. The van der Waals surface area contributed by atoms with Gasteiger partial charge in [-0.2, -0.15) is 0 Å². The van der Waals surface area contributed by atoms with Crippen molar-refractivity contribution in [1.29, 1.82) is 0 Å². The number of halogens is 1. The van der Waals surface area contributed by atoms with E-state index in [-0.39, 0.29) is 17.3 Å². The summed E-state index contributed by atoms with van der Waals surface area (Å²) in [5.74, 6) is -0.773. The van der Waals surface area contributed by atoms with Crippen LogP contribution in [0.1, 0.15) is 57.9 Å². The molecule has 0 bridgehead atoms. The Balaban J connectivity index is 1.76. The van der Waals surface area contributed by atoms with Crippen LogP contribution >= 0.6 is 11.6 Å². The summed E-state index contributed by atoms with van der Waals surface area (Å²) >= 11 is 5.95. The number of allylic oxidation sites excluding steroid dienone is 4. The van der Waals surface area contributed by atoms with Crippen LogP contribution in [0, 0.1) is 0 Å².